The van der Waals surface area contributed by atoms with Crippen molar-refractivity contribution < 1.29 is 14.6 Å². The lowest BCUT2D eigenvalue weighted by molar-refractivity contribution is -0.138. The highest BCUT2D eigenvalue weighted by molar-refractivity contribution is 6.35. The summed E-state index contributed by atoms with van der Waals surface area (Å²) in [5, 5.41) is 10.3. The van der Waals surface area contributed by atoms with Gasteiger partial charge in [0.2, 0.25) is 0 Å². The molecule has 154 valence electrons. The van der Waals surface area contributed by atoms with Gasteiger partial charge in [-0.25, -0.2) is 0 Å². The second kappa shape index (κ2) is 8.95. The fourth-order valence-electron chi connectivity index (χ4n) is 4.55. The first-order valence-electron chi connectivity index (χ1n) is 10.1. The Labute approximate surface area is 181 Å². The molecule has 2 atom stereocenters. The molecule has 0 saturated carbocycles. The fourth-order valence-corrected chi connectivity index (χ4v) is 5.05. The standard InChI is InChI=1S/C23H25Cl2NO3/c24-21-2-1-3-22(25)20(21)14-29-19-7-5-16-11-18(6-4-17(16)12-19)26-9-8-15(13-26)10-23(27)28/h1-3,5,7,12,15,18H,4,6,8-11,13-14H2,(H,27,28). The van der Waals surface area contributed by atoms with Gasteiger partial charge in [-0.15, -0.1) is 0 Å². The lowest BCUT2D eigenvalue weighted by atomic mass is 9.87. The number of aryl methyl sites for hydroxylation is 1. The molecule has 0 spiro atoms. The van der Waals surface area contributed by atoms with E-state index in [9.17, 15) is 4.79 Å². The van der Waals surface area contributed by atoms with E-state index in [1.807, 2.05) is 24.3 Å². The Hall–Kier alpha value is -1.75. The zero-order valence-electron chi connectivity index (χ0n) is 16.2. The largest absolute Gasteiger partial charge is 0.489 e. The SMILES string of the molecule is O=C(O)CC1CCN(C2CCc3cc(OCc4c(Cl)cccc4Cl)ccc3C2)C1. The van der Waals surface area contributed by atoms with Crippen LogP contribution in [-0.4, -0.2) is 35.1 Å². The van der Waals surface area contributed by atoms with Crippen molar-refractivity contribution in [1.82, 2.24) is 4.90 Å². The quantitative estimate of drug-likeness (QED) is 0.677. The van der Waals surface area contributed by atoms with E-state index >= 15 is 0 Å². The molecule has 1 aliphatic carbocycles. The molecule has 2 unspecified atom stereocenters. The highest BCUT2D eigenvalue weighted by atomic mass is 35.5. The number of fused-ring (bicyclic) bond motifs is 1. The van der Waals surface area contributed by atoms with Crippen LogP contribution in [0, 0.1) is 5.92 Å². The molecule has 0 aromatic heterocycles. The molecule has 0 radical (unpaired) electrons. The Kier molecular flexibility index (Phi) is 6.33. The first-order valence-corrected chi connectivity index (χ1v) is 10.9. The van der Waals surface area contributed by atoms with E-state index in [-0.39, 0.29) is 6.42 Å². The first-order chi connectivity index (χ1) is 14.0. The van der Waals surface area contributed by atoms with Gasteiger partial charge in [-0.1, -0.05) is 35.3 Å². The van der Waals surface area contributed by atoms with Crippen molar-refractivity contribution >= 4 is 29.2 Å². The van der Waals surface area contributed by atoms with Gasteiger partial charge in [0.25, 0.3) is 0 Å². The molecule has 4 nitrogen and oxygen atoms in total. The zero-order valence-corrected chi connectivity index (χ0v) is 17.8. The van der Waals surface area contributed by atoms with E-state index in [1.54, 1.807) is 0 Å². The average molecular weight is 434 g/mol. The Morgan fingerprint density at radius 3 is 2.69 bits per heavy atom. The number of likely N-dealkylation sites (tertiary alicyclic amines) is 1. The minimum Gasteiger partial charge on any atom is -0.489 e. The van der Waals surface area contributed by atoms with Crippen molar-refractivity contribution in [2.24, 2.45) is 5.92 Å². The topological polar surface area (TPSA) is 49.8 Å². The van der Waals surface area contributed by atoms with Crippen LogP contribution in [0.4, 0.5) is 0 Å². The molecular formula is C23H25Cl2NO3. The molecule has 6 heteroatoms. The maximum Gasteiger partial charge on any atom is 0.303 e. The highest BCUT2D eigenvalue weighted by Gasteiger charge is 2.31. The molecule has 0 amide bonds. The van der Waals surface area contributed by atoms with Crippen LogP contribution in [0.3, 0.4) is 0 Å². The van der Waals surface area contributed by atoms with Gasteiger partial charge in [0.15, 0.2) is 0 Å². The second-order valence-corrected chi connectivity index (χ2v) is 8.88. The van der Waals surface area contributed by atoms with Gasteiger partial charge in [-0.05, 0) is 73.5 Å². The van der Waals surface area contributed by atoms with Crippen molar-refractivity contribution in [3.8, 4) is 5.75 Å². The molecule has 0 bridgehead atoms. The molecule has 1 N–H and O–H groups in total. The van der Waals surface area contributed by atoms with E-state index in [4.69, 9.17) is 33.0 Å². The van der Waals surface area contributed by atoms with Crippen LogP contribution in [0.5, 0.6) is 5.75 Å². The maximum atomic E-state index is 11.0. The van der Waals surface area contributed by atoms with E-state index in [0.29, 0.717) is 28.6 Å². The van der Waals surface area contributed by atoms with E-state index in [2.05, 4.69) is 17.0 Å². The van der Waals surface area contributed by atoms with Crippen LogP contribution in [0.2, 0.25) is 10.0 Å². The van der Waals surface area contributed by atoms with Crippen molar-refractivity contribution in [1.29, 1.82) is 0 Å². The minimum atomic E-state index is -0.684. The predicted molar refractivity (Wildman–Crippen MR) is 115 cm³/mol. The number of rotatable bonds is 6. The highest BCUT2D eigenvalue weighted by Crippen LogP contribution is 2.32. The number of carboxylic acid groups (broad SMARTS) is 1. The van der Waals surface area contributed by atoms with Crippen molar-refractivity contribution in [2.75, 3.05) is 13.1 Å². The smallest absolute Gasteiger partial charge is 0.303 e. The van der Waals surface area contributed by atoms with Crippen LogP contribution < -0.4 is 4.74 Å². The molecular weight excluding hydrogens is 409 g/mol. The molecule has 2 aromatic rings. The normalized spacial score (nSPS) is 21.7. The van der Waals surface area contributed by atoms with Crippen molar-refractivity contribution in [3.63, 3.8) is 0 Å². The summed E-state index contributed by atoms with van der Waals surface area (Å²) < 4.78 is 5.96. The van der Waals surface area contributed by atoms with E-state index < -0.39 is 5.97 Å². The third kappa shape index (κ3) is 4.88. The van der Waals surface area contributed by atoms with E-state index in [0.717, 1.165) is 50.1 Å². The fraction of sp³-hybridized carbons (Fsp3) is 0.435. The van der Waals surface area contributed by atoms with Crippen LogP contribution in [0.1, 0.15) is 36.0 Å². The summed E-state index contributed by atoms with van der Waals surface area (Å²) in [6, 6.07) is 12.3. The van der Waals surface area contributed by atoms with Gasteiger partial charge >= 0.3 is 5.97 Å². The molecule has 1 heterocycles. The summed E-state index contributed by atoms with van der Waals surface area (Å²) >= 11 is 12.5. The van der Waals surface area contributed by atoms with Gasteiger partial charge in [-0.2, -0.15) is 0 Å². The van der Waals surface area contributed by atoms with E-state index in [1.165, 1.54) is 11.1 Å². The number of hydrogen-bond acceptors (Lipinski definition) is 3. The summed E-state index contributed by atoms with van der Waals surface area (Å²) in [7, 11) is 0. The average Bonchev–Trinajstić information content (AvgIpc) is 3.15. The number of carbonyl (C=O) groups is 1. The Morgan fingerprint density at radius 2 is 1.93 bits per heavy atom. The summed E-state index contributed by atoms with van der Waals surface area (Å²) in [6.07, 6.45) is 4.42. The lowest BCUT2D eigenvalue weighted by Crippen LogP contribution is -2.37. The summed E-state index contributed by atoms with van der Waals surface area (Å²) in [5.41, 5.74) is 3.51. The molecule has 2 aliphatic rings. The van der Waals surface area contributed by atoms with Crippen molar-refractivity contribution in [2.45, 2.75) is 44.8 Å². The van der Waals surface area contributed by atoms with Gasteiger partial charge in [0.05, 0.1) is 0 Å². The van der Waals surface area contributed by atoms with Crippen LogP contribution >= 0.6 is 23.2 Å². The van der Waals surface area contributed by atoms with Gasteiger partial charge < -0.3 is 9.84 Å². The molecule has 1 saturated heterocycles. The number of ether oxygens (including phenoxy) is 1. The summed E-state index contributed by atoms with van der Waals surface area (Å²) in [6.45, 7) is 2.27. The Bertz CT molecular complexity index is 881. The second-order valence-electron chi connectivity index (χ2n) is 8.06. The van der Waals surface area contributed by atoms with Crippen LogP contribution in [0.15, 0.2) is 36.4 Å². The predicted octanol–water partition coefficient (Wildman–Crippen LogP) is 5.23. The molecule has 2 aromatic carbocycles. The Balaban J connectivity index is 1.37. The number of halogens is 2. The van der Waals surface area contributed by atoms with Gasteiger partial charge in [0, 0.05) is 34.6 Å². The number of hydrogen-bond donors (Lipinski definition) is 1. The monoisotopic (exact) mass is 433 g/mol. The maximum absolute atomic E-state index is 11.0. The van der Waals surface area contributed by atoms with Gasteiger partial charge in [0.1, 0.15) is 12.4 Å². The van der Waals surface area contributed by atoms with Crippen LogP contribution in [-0.2, 0) is 24.2 Å². The minimum absolute atomic E-state index is 0.288. The lowest BCUT2D eigenvalue weighted by Gasteiger charge is -2.32. The molecule has 1 fully saturated rings. The summed E-state index contributed by atoms with van der Waals surface area (Å²) in [5.74, 6) is 0.443. The number of nitrogens with zero attached hydrogens (tertiary/aromatic N) is 1. The van der Waals surface area contributed by atoms with Crippen molar-refractivity contribution in [3.05, 3.63) is 63.1 Å². The molecule has 29 heavy (non-hydrogen) atoms. The number of carboxylic acids is 1. The third-order valence-electron chi connectivity index (χ3n) is 6.12. The number of benzene rings is 2. The van der Waals surface area contributed by atoms with Gasteiger partial charge in [-0.3, -0.25) is 9.69 Å². The molecule has 4 rings (SSSR count). The zero-order chi connectivity index (χ0) is 20.4. The molecule has 1 aliphatic heterocycles. The first kappa shape index (κ1) is 20.5. The number of aliphatic carboxylic acids is 1. The Morgan fingerprint density at radius 1 is 1.14 bits per heavy atom. The summed E-state index contributed by atoms with van der Waals surface area (Å²) in [4.78, 5) is 13.5. The van der Waals surface area contributed by atoms with Crippen LogP contribution in [0.25, 0.3) is 0 Å². The third-order valence-corrected chi connectivity index (χ3v) is 6.83.